The third kappa shape index (κ3) is 2.69. The van der Waals surface area contributed by atoms with Crippen molar-refractivity contribution in [2.45, 2.75) is 25.3 Å². The van der Waals surface area contributed by atoms with Crippen molar-refractivity contribution < 1.29 is 4.79 Å². The largest absolute Gasteiger partial charge is 0.369 e. The van der Waals surface area contributed by atoms with Crippen LogP contribution in [0.3, 0.4) is 0 Å². The molecule has 4 aliphatic rings. The second-order valence-electron chi connectivity index (χ2n) is 8.34. The molecule has 4 unspecified atom stereocenters. The zero-order valence-corrected chi connectivity index (χ0v) is 16.2. The van der Waals surface area contributed by atoms with E-state index >= 15 is 0 Å². The number of primary amides is 1. The maximum atomic E-state index is 12.1. The van der Waals surface area contributed by atoms with Gasteiger partial charge in [-0.15, -0.1) is 0 Å². The number of anilines is 3. The zero-order valence-electron chi connectivity index (χ0n) is 16.2. The van der Waals surface area contributed by atoms with Gasteiger partial charge < -0.3 is 26.3 Å². The Hall–Kier alpha value is -3.62. The fourth-order valence-electron chi connectivity index (χ4n) is 5.34. The number of rotatable bonds is 5. The van der Waals surface area contributed by atoms with E-state index in [1.807, 2.05) is 30.5 Å². The van der Waals surface area contributed by atoms with Gasteiger partial charge in [-0.3, -0.25) is 4.79 Å². The third-order valence-electron chi connectivity index (χ3n) is 6.65. The molecule has 2 aliphatic heterocycles. The van der Waals surface area contributed by atoms with E-state index < -0.39 is 0 Å². The number of aromatic nitrogens is 5. The maximum absolute atomic E-state index is 12.1. The van der Waals surface area contributed by atoms with Crippen molar-refractivity contribution in [2.75, 3.05) is 10.6 Å². The third-order valence-corrected chi connectivity index (χ3v) is 6.65. The van der Waals surface area contributed by atoms with Gasteiger partial charge in [-0.05, 0) is 55.4 Å². The summed E-state index contributed by atoms with van der Waals surface area (Å²) in [6.07, 6.45) is 6.66. The van der Waals surface area contributed by atoms with E-state index in [-0.39, 0.29) is 17.9 Å². The molecule has 6 rings (SSSR count). The highest BCUT2D eigenvalue weighted by Gasteiger charge is 2.50. The number of nitrogens with one attached hydrogen (secondary N) is 4. The Bertz CT molecular complexity index is 1210. The molecule has 0 saturated heterocycles. The number of nitrogens with two attached hydrogens (primary N) is 1. The molecule has 30 heavy (non-hydrogen) atoms. The minimum Gasteiger partial charge on any atom is -0.369 e. The Morgan fingerprint density at radius 1 is 1.17 bits per heavy atom. The summed E-state index contributed by atoms with van der Waals surface area (Å²) < 4.78 is 0. The first-order valence-electron chi connectivity index (χ1n) is 10.3. The van der Waals surface area contributed by atoms with E-state index in [0.29, 0.717) is 35.1 Å². The van der Waals surface area contributed by atoms with Gasteiger partial charge >= 0.3 is 0 Å². The molecule has 1 amide bonds. The summed E-state index contributed by atoms with van der Waals surface area (Å²) in [6, 6.07) is 8.08. The lowest BCUT2D eigenvalue weighted by atomic mass is 9.84. The van der Waals surface area contributed by atoms with Crippen LogP contribution in [0.25, 0.3) is 22.4 Å². The lowest BCUT2D eigenvalue weighted by Crippen LogP contribution is -2.42. The fraction of sp³-hybridized carbons (Fsp3) is 0.333. The van der Waals surface area contributed by atoms with Crippen molar-refractivity contribution in [3.63, 3.8) is 0 Å². The van der Waals surface area contributed by atoms with E-state index in [2.05, 4.69) is 35.6 Å². The molecular formula is C21H22N8O. The molecule has 3 heterocycles. The number of hydrogen-bond donors (Lipinski definition) is 5. The van der Waals surface area contributed by atoms with E-state index in [1.165, 1.54) is 6.33 Å². The number of nitrogens with zero attached hydrogens (tertiary/aromatic N) is 3. The standard InChI is InChI=1S/C21H22N8O/c22-18(30)15-11-1-2-12(7-11)16(15)27-20-17-19(25-9-24-17)28-21(29-20)26-13-3-4-14-10(8-13)5-6-23-14/h3-6,8-9,11-12,15-16,23H,1-2,7H2,(H2,22,30)(H3,24,25,26,27,28,29). The molecule has 152 valence electrons. The first-order valence-corrected chi connectivity index (χ1v) is 10.3. The van der Waals surface area contributed by atoms with E-state index in [9.17, 15) is 4.79 Å². The van der Waals surface area contributed by atoms with Crippen LogP contribution in [-0.2, 0) is 4.79 Å². The number of amides is 1. The SMILES string of the molecule is NC(=O)C1C2CCC(C2)C1Nc1[nH]c(Nc2ccc3[nH]ccc3c2)nc2ncnc1-2. The number of hydrogen-bond acceptors (Lipinski definition) is 6. The number of carbonyl (C=O) groups excluding carboxylic acids is 1. The first kappa shape index (κ1) is 17.3. The highest BCUT2D eigenvalue weighted by atomic mass is 16.1. The Kier molecular flexibility index (Phi) is 3.71. The van der Waals surface area contributed by atoms with Crippen molar-refractivity contribution in [3.8, 4) is 11.5 Å². The molecular weight excluding hydrogens is 380 g/mol. The minimum atomic E-state index is -0.225. The van der Waals surface area contributed by atoms with Gasteiger partial charge in [-0.25, -0.2) is 9.97 Å². The van der Waals surface area contributed by atoms with Crippen LogP contribution >= 0.6 is 0 Å². The van der Waals surface area contributed by atoms with Crippen LogP contribution < -0.4 is 16.4 Å². The summed E-state index contributed by atoms with van der Waals surface area (Å²) in [5, 5.41) is 7.97. The normalized spacial score (nSPS) is 25.2. The second kappa shape index (κ2) is 6.45. The van der Waals surface area contributed by atoms with E-state index in [0.717, 1.165) is 35.9 Å². The molecule has 2 aliphatic carbocycles. The van der Waals surface area contributed by atoms with Gasteiger partial charge in [0.15, 0.2) is 5.82 Å². The van der Waals surface area contributed by atoms with Crippen LogP contribution in [0.15, 0.2) is 36.8 Å². The molecule has 6 N–H and O–H groups in total. The van der Waals surface area contributed by atoms with Gasteiger partial charge in [0.2, 0.25) is 11.9 Å². The minimum absolute atomic E-state index is 0.00357. The smallest absolute Gasteiger partial charge is 0.222 e. The summed E-state index contributed by atoms with van der Waals surface area (Å²) in [7, 11) is 0. The van der Waals surface area contributed by atoms with Gasteiger partial charge in [0.25, 0.3) is 0 Å². The van der Waals surface area contributed by atoms with Crippen molar-refractivity contribution in [3.05, 3.63) is 36.8 Å². The monoisotopic (exact) mass is 402 g/mol. The first-order chi connectivity index (χ1) is 14.7. The number of fused-ring (bicyclic) bond motifs is 4. The molecule has 1 aromatic heterocycles. The van der Waals surface area contributed by atoms with Crippen molar-refractivity contribution in [1.29, 1.82) is 0 Å². The Labute approximate surface area is 172 Å². The van der Waals surface area contributed by atoms with E-state index in [1.54, 1.807) is 0 Å². The average molecular weight is 402 g/mol. The lowest BCUT2D eigenvalue weighted by molar-refractivity contribution is -0.123. The van der Waals surface area contributed by atoms with Crippen LogP contribution in [0.5, 0.6) is 0 Å². The molecule has 0 spiro atoms. The van der Waals surface area contributed by atoms with Gasteiger partial charge in [-0.2, -0.15) is 4.98 Å². The number of aromatic amines is 2. The molecule has 2 fully saturated rings. The Morgan fingerprint density at radius 2 is 2.07 bits per heavy atom. The van der Waals surface area contributed by atoms with E-state index in [4.69, 9.17) is 5.73 Å². The van der Waals surface area contributed by atoms with Crippen LogP contribution in [0.2, 0.25) is 0 Å². The van der Waals surface area contributed by atoms with Gasteiger partial charge in [-0.1, -0.05) is 0 Å². The van der Waals surface area contributed by atoms with Crippen LogP contribution in [0.1, 0.15) is 19.3 Å². The number of imidazole rings is 1. The molecule has 2 saturated carbocycles. The number of carbonyl (C=O) groups is 1. The van der Waals surface area contributed by atoms with Crippen molar-refractivity contribution in [1.82, 2.24) is 24.9 Å². The summed E-state index contributed by atoms with van der Waals surface area (Å²) in [6.45, 7) is 0. The predicted octanol–water partition coefficient (Wildman–Crippen LogP) is 2.84. The van der Waals surface area contributed by atoms with Crippen LogP contribution in [0.4, 0.5) is 17.5 Å². The summed E-state index contributed by atoms with van der Waals surface area (Å²) in [5.74, 6) is 2.25. The fourth-order valence-corrected chi connectivity index (χ4v) is 5.34. The number of benzene rings is 1. The van der Waals surface area contributed by atoms with Gasteiger partial charge in [0.1, 0.15) is 17.8 Å². The second-order valence-corrected chi connectivity index (χ2v) is 8.34. The quantitative estimate of drug-likeness (QED) is 0.348. The topological polar surface area (TPSA) is 137 Å². The van der Waals surface area contributed by atoms with Gasteiger partial charge in [0.05, 0.1) is 5.92 Å². The van der Waals surface area contributed by atoms with Crippen molar-refractivity contribution >= 4 is 34.3 Å². The summed E-state index contributed by atoms with van der Waals surface area (Å²) >= 11 is 0. The average Bonchev–Trinajstić information content (AvgIpc) is 3.50. The van der Waals surface area contributed by atoms with Gasteiger partial charge in [0, 0.05) is 28.8 Å². The molecule has 0 radical (unpaired) electrons. The molecule has 4 atom stereocenters. The Morgan fingerprint density at radius 3 is 2.97 bits per heavy atom. The lowest BCUT2D eigenvalue weighted by Gasteiger charge is -2.30. The highest BCUT2D eigenvalue weighted by Crippen LogP contribution is 2.49. The Balaban J connectivity index is 1.34. The highest BCUT2D eigenvalue weighted by molar-refractivity contribution is 5.84. The molecule has 9 nitrogen and oxygen atoms in total. The zero-order chi connectivity index (χ0) is 20.2. The number of H-pyrrole nitrogens is 2. The molecule has 2 bridgehead atoms. The summed E-state index contributed by atoms with van der Waals surface area (Å²) in [4.78, 5) is 31.8. The van der Waals surface area contributed by atoms with Crippen LogP contribution in [0, 0.1) is 17.8 Å². The van der Waals surface area contributed by atoms with Crippen molar-refractivity contribution in [2.24, 2.45) is 23.5 Å². The molecule has 2 aromatic rings. The predicted molar refractivity (Wildman–Crippen MR) is 113 cm³/mol. The molecule has 9 heteroatoms. The molecule has 1 aromatic carbocycles. The maximum Gasteiger partial charge on any atom is 0.222 e. The van der Waals surface area contributed by atoms with Crippen LogP contribution in [-0.4, -0.2) is 36.9 Å². The summed E-state index contributed by atoms with van der Waals surface area (Å²) in [5.41, 5.74) is 8.39.